The average Bonchev–Trinajstić information content (AvgIpc) is 3.20. The molecule has 1 aromatic heterocycles. The normalized spacial score (nSPS) is 23.7. The van der Waals surface area contributed by atoms with Crippen LogP contribution in [0.15, 0.2) is 36.7 Å². The first-order valence-corrected chi connectivity index (χ1v) is 8.33. The Morgan fingerprint density at radius 3 is 2.62 bits per heavy atom. The van der Waals surface area contributed by atoms with Gasteiger partial charge in [-0.15, -0.1) is 0 Å². The maximum absolute atomic E-state index is 13.1. The molecule has 1 aromatic carbocycles. The van der Waals surface area contributed by atoms with Crippen molar-refractivity contribution in [3.8, 4) is 0 Å². The van der Waals surface area contributed by atoms with Crippen molar-refractivity contribution in [2.75, 3.05) is 19.6 Å². The standard InChI is InChI=1S/C18H21FN4O/c1-21-11-8-20-16(21)17(24)22-9-6-18(13-22)7-10-23(18)12-14-2-4-15(19)5-3-14/h2-5,8,11H,6-7,9-10,12-13H2,1H3. The van der Waals surface area contributed by atoms with Gasteiger partial charge in [0, 0.05) is 51.2 Å². The largest absolute Gasteiger partial charge is 0.334 e. The van der Waals surface area contributed by atoms with Gasteiger partial charge in [0.25, 0.3) is 5.91 Å². The maximum atomic E-state index is 13.1. The topological polar surface area (TPSA) is 41.4 Å². The zero-order valence-electron chi connectivity index (χ0n) is 13.8. The van der Waals surface area contributed by atoms with E-state index in [1.807, 2.05) is 24.1 Å². The minimum Gasteiger partial charge on any atom is -0.334 e. The maximum Gasteiger partial charge on any atom is 0.289 e. The van der Waals surface area contributed by atoms with E-state index in [-0.39, 0.29) is 17.3 Å². The fourth-order valence-corrected chi connectivity index (χ4v) is 3.85. The highest BCUT2D eigenvalue weighted by molar-refractivity contribution is 5.91. The number of halogens is 1. The van der Waals surface area contributed by atoms with E-state index in [9.17, 15) is 9.18 Å². The molecule has 126 valence electrons. The molecule has 6 heteroatoms. The van der Waals surface area contributed by atoms with Gasteiger partial charge in [-0.25, -0.2) is 9.37 Å². The van der Waals surface area contributed by atoms with Gasteiger partial charge in [-0.05, 0) is 30.5 Å². The van der Waals surface area contributed by atoms with Gasteiger partial charge in [0.15, 0.2) is 5.82 Å². The van der Waals surface area contributed by atoms with Crippen molar-refractivity contribution in [3.05, 3.63) is 53.9 Å². The number of amides is 1. The van der Waals surface area contributed by atoms with Gasteiger partial charge in [-0.1, -0.05) is 12.1 Å². The molecule has 0 bridgehead atoms. The minimum atomic E-state index is -0.204. The van der Waals surface area contributed by atoms with Crippen LogP contribution in [0.25, 0.3) is 0 Å². The Morgan fingerprint density at radius 1 is 1.25 bits per heavy atom. The summed E-state index contributed by atoms with van der Waals surface area (Å²) in [6, 6.07) is 6.70. The fraction of sp³-hybridized carbons (Fsp3) is 0.444. The molecule has 1 atom stereocenters. The summed E-state index contributed by atoms with van der Waals surface area (Å²) in [6.07, 6.45) is 5.55. The molecule has 0 saturated carbocycles. The third-order valence-electron chi connectivity index (χ3n) is 5.44. The number of likely N-dealkylation sites (tertiary alicyclic amines) is 2. The van der Waals surface area contributed by atoms with Gasteiger partial charge in [0.2, 0.25) is 0 Å². The van der Waals surface area contributed by atoms with Crippen LogP contribution < -0.4 is 0 Å². The molecule has 2 aliphatic heterocycles. The van der Waals surface area contributed by atoms with Crippen molar-refractivity contribution < 1.29 is 9.18 Å². The predicted octanol–water partition coefficient (Wildman–Crippen LogP) is 2.05. The van der Waals surface area contributed by atoms with Gasteiger partial charge in [-0.3, -0.25) is 9.69 Å². The molecule has 24 heavy (non-hydrogen) atoms. The lowest BCUT2D eigenvalue weighted by molar-refractivity contribution is -0.0132. The number of imidazole rings is 1. The van der Waals surface area contributed by atoms with Crippen molar-refractivity contribution in [1.29, 1.82) is 0 Å². The molecule has 2 aromatic rings. The van der Waals surface area contributed by atoms with Gasteiger partial charge < -0.3 is 9.47 Å². The van der Waals surface area contributed by atoms with Crippen LogP contribution in [0.4, 0.5) is 4.39 Å². The summed E-state index contributed by atoms with van der Waals surface area (Å²) in [5.74, 6) is 0.300. The molecule has 1 amide bonds. The Balaban J connectivity index is 1.44. The highest BCUT2D eigenvalue weighted by Gasteiger charge is 2.50. The van der Waals surface area contributed by atoms with Crippen LogP contribution in [-0.4, -0.2) is 50.4 Å². The van der Waals surface area contributed by atoms with Gasteiger partial charge in [-0.2, -0.15) is 0 Å². The SMILES string of the molecule is Cn1ccnc1C(=O)N1CCC2(CCN2Cc2ccc(F)cc2)C1. The molecule has 4 rings (SSSR count). The van der Waals surface area contributed by atoms with E-state index < -0.39 is 0 Å². The van der Waals surface area contributed by atoms with Crippen molar-refractivity contribution in [3.63, 3.8) is 0 Å². The molecule has 0 aliphatic carbocycles. The summed E-state index contributed by atoms with van der Waals surface area (Å²) < 4.78 is 14.8. The Kier molecular flexibility index (Phi) is 3.64. The number of aromatic nitrogens is 2. The van der Waals surface area contributed by atoms with Gasteiger partial charge >= 0.3 is 0 Å². The lowest BCUT2D eigenvalue weighted by Crippen LogP contribution is -2.60. The second-order valence-corrected chi connectivity index (χ2v) is 6.86. The van der Waals surface area contributed by atoms with E-state index >= 15 is 0 Å². The van der Waals surface area contributed by atoms with Crippen molar-refractivity contribution in [2.45, 2.75) is 24.9 Å². The molecule has 0 radical (unpaired) electrons. The summed E-state index contributed by atoms with van der Waals surface area (Å²) in [7, 11) is 1.84. The van der Waals surface area contributed by atoms with E-state index in [0.717, 1.165) is 44.6 Å². The highest BCUT2D eigenvalue weighted by atomic mass is 19.1. The molecule has 2 fully saturated rings. The zero-order valence-corrected chi connectivity index (χ0v) is 13.8. The average molecular weight is 328 g/mol. The highest BCUT2D eigenvalue weighted by Crippen LogP contribution is 2.40. The molecular formula is C18H21FN4O. The van der Waals surface area contributed by atoms with Crippen LogP contribution in [0.2, 0.25) is 0 Å². The summed E-state index contributed by atoms with van der Waals surface area (Å²) in [4.78, 5) is 21.1. The number of aryl methyl sites for hydroxylation is 1. The molecule has 5 nitrogen and oxygen atoms in total. The Hall–Kier alpha value is -2.21. The number of nitrogens with zero attached hydrogens (tertiary/aromatic N) is 4. The summed E-state index contributed by atoms with van der Waals surface area (Å²) in [6.45, 7) is 3.36. The number of hydrogen-bond donors (Lipinski definition) is 0. The third-order valence-corrected chi connectivity index (χ3v) is 5.44. The molecule has 0 N–H and O–H groups in total. The first-order valence-electron chi connectivity index (χ1n) is 8.33. The number of hydrogen-bond acceptors (Lipinski definition) is 3. The van der Waals surface area contributed by atoms with E-state index in [1.54, 1.807) is 17.0 Å². The van der Waals surface area contributed by atoms with Crippen LogP contribution in [0.5, 0.6) is 0 Å². The van der Waals surface area contributed by atoms with E-state index in [2.05, 4.69) is 9.88 Å². The lowest BCUT2D eigenvalue weighted by Gasteiger charge is -2.50. The molecule has 1 spiro atoms. The van der Waals surface area contributed by atoms with Gasteiger partial charge in [0.05, 0.1) is 0 Å². The second kappa shape index (κ2) is 5.70. The van der Waals surface area contributed by atoms with Crippen molar-refractivity contribution >= 4 is 5.91 Å². The molecular weight excluding hydrogens is 307 g/mol. The fourth-order valence-electron chi connectivity index (χ4n) is 3.85. The monoisotopic (exact) mass is 328 g/mol. The van der Waals surface area contributed by atoms with Gasteiger partial charge in [0.1, 0.15) is 5.82 Å². The Bertz CT molecular complexity index is 757. The van der Waals surface area contributed by atoms with E-state index in [0.29, 0.717) is 5.82 Å². The second-order valence-electron chi connectivity index (χ2n) is 6.86. The van der Waals surface area contributed by atoms with E-state index in [4.69, 9.17) is 0 Å². The molecule has 3 heterocycles. The predicted molar refractivity (Wildman–Crippen MR) is 87.9 cm³/mol. The van der Waals surface area contributed by atoms with Crippen LogP contribution in [0.1, 0.15) is 29.0 Å². The summed E-state index contributed by atoms with van der Waals surface area (Å²) >= 11 is 0. The molecule has 2 aliphatic rings. The third kappa shape index (κ3) is 2.51. The first kappa shape index (κ1) is 15.3. The summed E-state index contributed by atoms with van der Waals surface area (Å²) in [5, 5.41) is 0. The Morgan fingerprint density at radius 2 is 2.00 bits per heavy atom. The number of rotatable bonds is 3. The number of carbonyl (C=O) groups is 1. The lowest BCUT2D eigenvalue weighted by atomic mass is 9.83. The summed E-state index contributed by atoms with van der Waals surface area (Å²) in [5.41, 5.74) is 1.19. The van der Waals surface area contributed by atoms with Crippen LogP contribution >= 0.6 is 0 Å². The van der Waals surface area contributed by atoms with Crippen LogP contribution in [0.3, 0.4) is 0 Å². The smallest absolute Gasteiger partial charge is 0.289 e. The van der Waals surface area contributed by atoms with Crippen LogP contribution in [0, 0.1) is 5.82 Å². The quantitative estimate of drug-likeness (QED) is 0.866. The van der Waals surface area contributed by atoms with Crippen LogP contribution in [-0.2, 0) is 13.6 Å². The molecule has 2 saturated heterocycles. The Labute approximate surface area is 140 Å². The van der Waals surface area contributed by atoms with Crippen molar-refractivity contribution in [2.24, 2.45) is 7.05 Å². The minimum absolute atomic E-state index is 0.00741. The zero-order chi connectivity index (χ0) is 16.7. The number of carbonyl (C=O) groups excluding carboxylic acids is 1. The number of benzene rings is 1. The van der Waals surface area contributed by atoms with E-state index in [1.165, 1.54) is 12.1 Å². The first-order chi connectivity index (χ1) is 11.6. The van der Waals surface area contributed by atoms with Crippen molar-refractivity contribution in [1.82, 2.24) is 19.4 Å². The molecule has 1 unspecified atom stereocenters.